The van der Waals surface area contributed by atoms with E-state index in [1.165, 1.54) is 95.5 Å². The zero-order valence-electron chi connectivity index (χ0n) is 19.8. The van der Waals surface area contributed by atoms with Gasteiger partial charge in [-0.1, -0.05) is 95.1 Å². The number of unbranched alkanes of at least 4 members (excludes halogenated alkanes) is 12. The molecule has 2 heteroatoms. The van der Waals surface area contributed by atoms with Crippen LogP contribution in [0.25, 0.3) is 0 Å². The molecular weight excluding hydrogens is 368 g/mol. The fourth-order valence-corrected chi connectivity index (χ4v) is 3.85. The summed E-state index contributed by atoms with van der Waals surface area (Å²) in [5.41, 5.74) is 1.30. The fourth-order valence-electron chi connectivity index (χ4n) is 3.85. The highest BCUT2D eigenvalue weighted by molar-refractivity contribution is 5.33. The molecule has 0 aromatic heterocycles. The van der Waals surface area contributed by atoms with Gasteiger partial charge in [-0.15, -0.1) is 0 Å². The molecule has 1 unspecified atom stereocenters. The van der Waals surface area contributed by atoms with Gasteiger partial charge >= 0.3 is 0 Å². The molecule has 2 rings (SSSR count). The minimum Gasteiger partial charge on any atom is -0.490 e. The van der Waals surface area contributed by atoms with E-state index < -0.39 is 0 Å². The van der Waals surface area contributed by atoms with Gasteiger partial charge in [-0.25, -0.2) is 0 Å². The molecule has 2 nitrogen and oxygen atoms in total. The highest BCUT2D eigenvalue weighted by Gasteiger charge is 2.40. The van der Waals surface area contributed by atoms with E-state index in [-0.39, 0.29) is 5.60 Å². The Balaban J connectivity index is 1.41. The predicted octanol–water partition coefficient (Wildman–Crippen LogP) is 8.43. The molecule has 1 aromatic rings. The minimum absolute atomic E-state index is 0.0458. The summed E-state index contributed by atoms with van der Waals surface area (Å²) in [6.45, 7) is 5.88. The molecule has 1 heterocycles. The van der Waals surface area contributed by atoms with Gasteiger partial charge in [0.15, 0.2) is 0 Å². The summed E-state index contributed by atoms with van der Waals surface area (Å²) >= 11 is 0. The maximum absolute atomic E-state index is 6.01. The quantitative estimate of drug-likeness (QED) is 0.129. The number of allylic oxidation sites excluding steroid dienone is 2. The normalized spacial score (nSPS) is 18.2. The van der Waals surface area contributed by atoms with Crippen molar-refractivity contribution in [3.63, 3.8) is 0 Å². The zero-order valence-corrected chi connectivity index (χ0v) is 19.8. The molecule has 0 amide bonds. The van der Waals surface area contributed by atoms with Crippen LogP contribution in [-0.4, -0.2) is 18.8 Å². The van der Waals surface area contributed by atoms with Crippen LogP contribution in [0.2, 0.25) is 0 Å². The third kappa shape index (κ3) is 11.8. The largest absolute Gasteiger partial charge is 0.490 e. The summed E-state index contributed by atoms with van der Waals surface area (Å²) in [6.07, 6.45) is 24.9. The van der Waals surface area contributed by atoms with Gasteiger partial charge in [0, 0.05) is 0 Å². The Kier molecular flexibility index (Phi) is 12.9. The van der Waals surface area contributed by atoms with Gasteiger partial charge in [-0.3, -0.25) is 0 Å². The third-order valence-corrected chi connectivity index (χ3v) is 6.10. The first-order chi connectivity index (χ1) is 14.7. The molecule has 0 aliphatic carbocycles. The number of hydrogen-bond acceptors (Lipinski definition) is 2. The molecule has 0 spiro atoms. The van der Waals surface area contributed by atoms with E-state index >= 15 is 0 Å². The topological polar surface area (TPSA) is 21.8 Å². The van der Waals surface area contributed by atoms with Gasteiger partial charge < -0.3 is 9.47 Å². The average molecular weight is 415 g/mol. The molecule has 1 fully saturated rings. The Bertz CT molecular complexity index is 574. The molecule has 1 saturated heterocycles. The van der Waals surface area contributed by atoms with E-state index in [0.29, 0.717) is 6.61 Å². The molecular formula is C28H46O2. The van der Waals surface area contributed by atoms with Crippen molar-refractivity contribution in [2.45, 2.75) is 116 Å². The lowest BCUT2D eigenvalue weighted by Gasteiger charge is -2.13. The van der Waals surface area contributed by atoms with E-state index in [1.54, 1.807) is 0 Å². The van der Waals surface area contributed by atoms with Crippen molar-refractivity contribution in [1.82, 2.24) is 0 Å². The molecule has 1 aromatic carbocycles. The first-order valence-corrected chi connectivity index (χ1v) is 12.7. The molecule has 0 N–H and O–H groups in total. The number of hydrogen-bond donors (Lipinski definition) is 0. The second kappa shape index (κ2) is 15.5. The van der Waals surface area contributed by atoms with Gasteiger partial charge in [0.2, 0.25) is 0 Å². The maximum Gasteiger partial charge on any atom is 0.123 e. The van der Waals surface area contributed by atoms with Crippen LogP contribution < -0.4 is 4.74 Å². The van der Waals surface area contributed by atoms with Gasteiger partial charge in [-0.05, 0) is 57.1 Å². The Labute approximate surface area is 186 Å². The lowest BCUT2D eigenvalue weighted by Crippen LogP contribution is -2.17. The van der Waals surface area contributed by atoms with Crippen LogP contribution in [0.15, 0.2) is 36.4 Å². The lowest BCUT2D eigenvalue weighted by atomic mass is 10.0. The summed E-state index contributed by atoms with van der Waals surface area (Å²) in [4.78, 5) is 0. The van der Waals surface area contributed by atoms with Crippen molar-refractivity contribution in [3.8, 4) is 5.75 Å². The average Bonchev–Trinajstić information content (AvgIpc) is 3.50. The third-order valence-electron chi connectivity index (χ3n) is 6.10. The predicted molar refractivity (Wildman–Crippen MR) is 129 cm³/mol. The highest BCUT2D eigenvalue weighted by atomic mass is 16.6. The summed E-state index contributed by atoms with van der Waals surface area (Å²) in [6, 6.07) is 8.49. The lowest BCUT2D eigenvalue weighted by molar-refractivity contribution is 0.201. The van der Waals surface area contributed by atoms with Crippen molar-refractivity contribution < 1.29 is 9.47 Å². The molecule has 30 heavy (non-hydrogen) atoms. The number of rotatable bonds is 19. The van der Waals surface area contributed by atoms with E-state index in [2.05, 4.69) is 50.3 Å². The number of aryl methyl sites for hydroxylation is 1. The van der Waals surface area contributed by atoms with Crippen LogP contribution in [0, 0.1) is 0 Å². The van der Waals surface area contributed by atoms with Gasteiger partial charge in [-0.2, -0.15) is 0 Å². The van der Waals surface area contributed by atoms with E-state index in [1.807, 2.05) is 0 Å². The molecule has 0 saturated carbocycles. The van der Waals surface area contributed by atoms with Crippen molar-refractivity contribution in [2.24, 2.45) is 0 Å². The van der Waals surface area contributed by atoms with Crippen LogP contribution >= 0.6 is 0 Å². The van der Waals surface area contributed by atoms with Crippen LogP contribution in [0.4, 0.5) is 0 Å². The smallest absolute Gasteiger partial charge is 0.123 e. The number of benzene rings is 1. The van der Waals surface area contributed by atoms with E-state index in [0.717, 1.165) is 18.8 Å². The Hall–Kier alpha value is -1.28. The molecule has 1 aliphatic rings. The summed E-state index contributed by atoms with van der Waals surface area (Å²) in [5.74, 6) is 1.04. The summed E-state index contributed by atoms with van der Waals surface area (Å²) in [7, 11) is 0. The first-order valence-electron chi connectivity index (χ1n) is 12.7. The van der Waals surface area contributed by atoms with Gasteiger partial charge in [0.25, 0.3) is 0 Å². The highest BCUT2D eigenvalue weighted by Crippen LogP contribution is 2.28. The number of para-hydroxylation sites is 1. The zero-order chi connectivity index (χ0) is 21.3. The summed E-state index contributed by atoms with van der Waals surface area (Å²) in [5, 5.41) is 0. The minimum atomic E-state index is -0.0458. The van der Waals surface area contributed by atoms with Crippen LogP contribution in [0.5, 0.6) is 5.75 Å². The molecule has 0 radical (unpaired) electrons. The molecule has 1 atom stereocenters. The molecule has 0 bridgehead atoms. The molecule has 170 valence electrons. The Morgan fingerprint density at radius 2 is 1.40 bits per heavy atom. The van der Waals surface area contributed by atoms with Crippen molar-refractivity contribution in [3.05, 3.63) is 42.0 Å². The maximum atomic E-state index is 6.01. The van der Waals surface area contributed by atoms with Gasteiger partial charge in [0.05, 0.1) is 6.61 Å². The van der Waals surface area contributed by atoms with Crippen molar-refractivity contribution >= 4 is 0 Å². The van der Waals surface area contributed by atoms with Crippen LogP contribution in [-0.2, 0) is 11.2 Å². The Morgan fingerprint density at radius 3 is 2.03 bits per heavy atom. The second-order valence-electron chi connectivity index (χ2n) is 9.32. The number of epoxide rings is 1. The Morgan fingerprint density at radius 1 is 0.833 bits per heavy atom. The van der Waals surface area contributed by atoms with Crippen LogP contribution in [0.3, 0.4) is 0 Å². The number of ether oxygens (including phenoxy) is 2. The monoisotopic (exact) mass is 414 g/mol. The summed E-state index contributed by atoms with van der Waals surface area (Å²) < 4.78 is 11.4. The van der Waals surface area contributed by atoms with Gasteiger partial charge in [0.1, 0.15) is 18.0 Å². The van der Waals surface area contributed by atoms with E-state index in [4.69, 9.17) is 9.47 Å². The first kappa shape index (κ1) is 25.0. The standard InChI is InChI=1S/C28H46O2/c1-3-4-5-6-7-8-9-10-11-12-13-14-15-16-17-18-21-26-22-19-20-23-27(26)29-24-28(2)25-30-28/h11-12,19-20,22-23H,3-10,13-18,21,24-25H2,1-2H3/b12-11+. The van der Waals surface area contributed by atoms with Crippen molar-refractivity contribution in [1.29, 1.82) is 0 Å². The fraction of sp³-hybridized carbons (Fsp3) is 0.714. The van der Waals surface area contributed by atoms with E-state index in [9.17, 15) is 0 Å². The SMILES string of the molecule is CCCCCCCCC/C=C/CCCCCCCc1ccccc1OCC1(C)CO1. The second-order valence-corrected chi connectivity index (χ2v) is 9.32. The van der Waals surface area contributed by atoms with Crippen molar-refractivity contribution in [2.75, 3.05) is 13.2 Å². The molecule has 1 aliphatic heterocycles. The van der Waals surface area contributed by atoms with Crippen LogP contribution in [0.1, 0.15) is 109 Å².